The number of rotatable bonds is 9. The highest BCUT2D eigenvalue weighted by Gasteiger charge is 2.19. The first-order valence-corrected chi connectivity index (χ1v) is 24.8. The molecule has 0 amide bonds. The van der Waals surface area contributed by atoms with Gasteiger partial charge in [0, 0.05) is 16.7 Å². The van der Waals surface area contributed by atoms with E-state index in [9.17, 15) is 0 Å². The summed E-state index contributed by atoms with van der Waals surface area (Å²) in [5.74, 6) is 1.83. The fraction of sp³-hybridized carbons (Fsp3) is 0.162. The number of aromatic nitrogens is 3. The van der Waals surface area contributed by atoms with Crippen LogP contribution in [0.1, 0.15) is 61.2 Å². The van der Waals surface area contributed by atoms with Crippen molar-refractivity contribution in [3.63, 3.8) is 0 Å². The standard InChI is InChI=1S/C68H61N3/c1-40-13-12-14-51(20-40)57-31-58(52-21-41(2)15-42(3)22-52)35-63(34-57)66-69-67(64-36-59(53-23-43(4)16-44(5)24-53)32-60(37-64)54-25-45(6)17-46(7)26-54)71-68(70-66)65-38-61(55-27-47(8)18-48(9)28-55)33-62(39-65)56-29-49(10)19-50(11)30-56/h12-39H,1-11H3. The maximum absolute atomic E-state index is 5.55. The average molecular weight is 920 g/mol. The highest BCUT2D eigenvalue weighted by molar-refractivity contribution is 5.85. The molecule has 0 fully saturated rings. The number of nitrogens with zero attached hydrogens (tertiary/aromatic N) is 3. The van der Waals surface area contributed by atoms with Crippen LogP contribution in [0, 0.1) is 76.2 Å². The minimum Gasteiger partial charge on any atom is -0.208 e. The van der Waals surface area contributed by atoms with Crippen molar-refractivity contribution in [2.24, 2.45) is 0 Å². The highest BCUT2D eigenvalue weighted by atomic mass is 15.0. The van der Waals surface area contributed by atoms with Gasteiger partial charge in [0.1, 0.15) is 0 Å². The van der Waals surface area contributed by atoms with Crippen molar-refractivity contribution >= 4 is 0 Å². The van der Waals surface area contributed by atoms with Crippen molar-refractivity contribution in [2.75, 3.05) is 0 Å². The fourth-order valence-corrected chi connectivity index (χ4v) is 10.6. The molecule has 0 saturated carbocycles. The molecule has 10 rings (SSSR count). The Hall–Kier alpha value is -8.01. The molecule has 0 unspecified atom stereocenters. The summed E-state index contributed by atoms with van der Waals surface area (Å²) in [5, 5.41) is 0. The van der Waals surface area contributed by atoms with Crippen molar-refractivity contribution < 1.29 is 0 Å². The lowest BCUT2D eigenvalue weighted by Gasteiger charge is -2.16. The van der Waals surface area contributed by atoms with Crippen LogP contribution in [0.4, 0.5) is 0 Å². The molecular formula is C68H61N3. The van der Waals surface area contributed by atoms with E-state index in [1.165, 1.54) is 61.2 Å². The number of aryl methyl sites for hydroxylation is 11. The monoisotopic (exact) mass is 919 g/mol. The molecule has 0 radical (unpaired) electrons. The Morgan fingerprint density at radius 3 is 0.577 bits per heavy atom. The van der Waals surface area contributed by atoms with Gasteiger partial charge in [-0.3, -0.25) is 0 Å². The van der Waals surface area contributed by atoms with Crippen LogP contribution in [0.2, 0.25) is 0 Å². The lowest BCUT2D eigenvalue weighted by atomic mass is 9.92. The van der Waals surface area contributed by atoms with Gasteiger partial charge in [0.2, 0.25) is 0 Å². The minimum atomic E-state index is 0.611. The van der Waals surface area contributed by atoms with Crippen molar-refractivity contribution in [2.45, 2.75) is 76.2 Å². The van der Waals surface area contributed by atoms with Gasteiger partial charge in [0.25, 0.3) is 0 Å². The summed E-state index contributed by atoms with van der Waals surface area (Å²) in [6, 6.07) is 63.2. The zero-order valence-electron chi connectivity index (χ0n) is 43.0. The molecule has 0 spiro atoms. The number of benzene rings is 9. The first-order chi connectivity index (χ1) is 34.0. The quantitative estimate of drug-likeness (QED) is 0.145. The van der Waals surface area contributed by atoms with Gasteiger partial charge in [0.15, 0.2) is 17.5 Å². The Balaban J connectivity index is 1.29. The van der Waals surface area contributed by atoms with Gasteiger partial charge >= 0.3 is 0 Å². The molecule has 1 aromatic heterocycles. The second kappa shape index (κ2) is 19.1. The smallest absolute Gasteiger partial charge is 0.164 e. The summed E-state index contributed by atoms with van der Waals surface area (Å²) in [6.07, 6.45) is 0. The molecule has 1 heterocycles. The summed E-state index contributed by atoms with van der Waals surface area (Å²) in [7, 11) is 0. The zero-order chi connectivity index (χ0) is 49.7. The molecular weight excluding hydrogens is 859 g/mol. The molecule has 3 nitrogen and oxygen atoms in total. The molecule has 0 N–H and O–H groups in total. The molecule has 0 saturated heterocycles. The van der Waals surface area contributed by atoms with E-state index in [2.05, 4.69) is 246 Å². The molecule has 10 aromatic rings. The van der Waals surface area contributed by atoms with Crippen molar-refractivity contribution in [1.29, 1.82) is 0 Å². The lowest BCUT2D eigenvalue weighted by molar-refractivity contribution is 1.07. The van der Waals surface area contributed by atoms with E-state index in [1.807, 2.05) is 0 Å². The Labute approximate surface area is 421 Å². The van der Waals surface area contributed by atoms with E-state index in [0.29, 0.717) is 17.5 Å². The van der Waals surface area contributed by atoms with Gasteiger partial charge in [0.05, 0.1) is 0 Å². The molecule has 0 bridgehead atoms. The lowest BCUT2D eigenvalue weighted by Crippen LogP contribution is -2.02. The first kappa shape index (κ1) is 46.7. The van der Waals surface area contributed by atoms with Crippen LogP contribution >= 0.6 is 0 Å². The van der Waals surface area contributed by atoms with Crippen molar-refractivity contribution in [1.82, 2.24) is 15.0 Å². The summed E-state index contributed by atoms with van der Waals surface area (Å²) in [4.78, 5) is 16.6. The third-order valence-electron chi connectivity index (χ3n) is 13.3. The second-order valence-corrected chi connectivity index (χ2v) is 20.5. The highest BCUT2D eigenvalue weighted by Crippen LogP contribution is 2.39. The van der Waals surface area contributed by atoms with E-state index in [0.717, 1.165) is 83.5 Å². The third kappa shape index (κ3) is 10.5. The largest absolute Gasteiger partial charge is 0.208 e. The van der Waals surface area contributed by atoms with Crippen molar-refractivity contribution in [3.05, 3.63) is 231 Å². The minimum absolute atomic E-state index is 0.611. The number of hydrogen-bond acceptors (Lipinski definition) is 3. The normalized spacial score (nSPS) is 11.3. The van der Waals surface area contributed by atoms with Crippen LogP contribution in [0.5, 0.6) is 0 Å². The molecule has 0 aliphatic carbocycles. The number of hydrogen-bond donors (Lipinski definition) is 0. The molecule has 0 aliphatic rings. The van der Waals surface area contributed by atoms with E-state index in [1.54, 1.807) is 0 Å². The van der Waals surface area contributed by atoms with Gasteiger partial charge in [-0.1, -0.05) is 176 Å². The fourth-order valence-electron chi connectivity index (χ4n) is 10.6. The van der Waals surface area contributed by atoms with Crippen LogP contribution in [0.25, 0.3) is 101 Å². The molecule has 0 aliphatic heterocycles. The van der Waals surface area contributed by atoms with Gasteiger partial charge in [-0.25, -0.2) is 15.0 Å². The average Bonchev–Trinajstić information content (AvgIpc) is 3.32. The van der Waals surface area contributed by atoms with E-state index in [-0.39, 0.29) is 0 Å². The molecule has 3 heteroatoms. The third-order valence-corrected chi connectivity index (χ3v) is 13.3. The van der Waals surface area contributed by atoms with Gasteiger partial charge in [-0.2, -0.15) is 0 Å². The molecule has 348 valence electrons. The predicted octanol–water partition coefficient (Wildman–Crippen LogP) is 18.3. The van der Waals surface area contributed by atoms with Crippen LogP contribution in [-0.4, -0.2) is 15.0 Å². The molecule has 9 aromatic carbocycles. The van der Waals surface area contributed by atoms with Gasteiger partial charge < -0.3 is 0 Å². The predicted molar refractivity (Wildman–Crippen MR) is 301 cm³/mol. The van der Waals surface area contributed by atoms with Gasteiger partial charge in [-0.15, -0.1) is 0 Å². The summed E-state index contributed by atoms with van der Waals surface area (Å²) < 4.78 is 0. The molecule has 0 atom stereocenters. The van der Waals surface area contributed by atoms with E-state index >= 15 is 0 Å². The van der Waals surface area contributed by atoms with Crippen LogP contribution in [0.3, 0.4) is 0 Å². The maximum Gasteiger partial charge on any atom is 0.164 e. The molecule has 71 heavy (non-hydrogen) atoms. The van der Waals surface area contributed by atoms with Crippen LogP contribution in [0.15, 0.2) is 170 Å². The Kier molecular flexibility index (Phi) is 12.5. The van der Waals surface area contributed by atoms with Crippen molar-refractivity contribution in [3.8, 4) is 101 Å². The Bertz CT molecular complexity index is 3310. The second-order valence-electron chi connectivity index (χ2n) is 20.5. The Morgan fingerprint density at radius 2 is 0.352 bits per heavy atom. The topological polar surface area (TPSA) is 38.7 Å². The first-order valence-electron chi connectivity index (χ1n) is 24.8. The SMILES string of the molecule is Cc1cccc(-c2cc(-c3cc(C)cc(C)c3)cc(-c3nc(-c4cc(-c5cc(C)cc(C)c5)cc(-c5cc(C)cc(C)c5)c4)nc(-c4cc(-c5cc(C)cc(C)c5)cc(-c5cc(C)cc(C)c5)c4)n3)c2)c1. The Morgan fingerprint density at radius 1 is 0.169 bits per heavy atom. The van der Waals surface area contributed by atoms with Gasteiger partial charge in [-0.05, 0) is 198 Å². The summed E-state index contributed by atoms with van der Waals surface area (Å²) >= 11 is 0. The summed E-state index contributed by atoms with van der Waals surface area (Å²) in [6.45, 7) is 23.9. The van der Waals surface area contributed by atoms with E-state index in [4.69, 9.17) is 15.0 Å². The zero-order valence-corrected chi connectivity index (χ0v) is 43.0. The van der Waals surface area contributed by atoms with Crippen LogP contribution in [-0.2, 0) is 0 Å². The van der Waals surface area contributed by atoms with Crippen LogP contribution < -0.4 is 0 Å². The maximum atomic E-state index is 5.55. The summed E-state index contributed by atoms with van der Waals surface area (Å²) in [5.41, 5.74) is 29.8. The van der Waals surface area contributed by atoms with E-state index < -0.39 is 0 Å².